The minimum Gasteiger partial charge on any atom is -0.496 e. The number of nitrogens with one attached hydrogen (secondary N) is 1. The standard InChI is InChI=1S/C16H17N3O2/c1-10-11(2)21-15(19-10)9-18-16-13-5-4-6-14(20-3)12(13)7-8-17-16/h4-8H,9H2,1-3H3,(H,17,18). The molecule has 108 valence electrons. The molecule has 0 unspecified atom stereocenters. The van der Waals surface area contributed by atoms with Gasteiger partial charge in [0.15, 0.2) is 0 Å². The van der Waals surface area contributed by atoms with Gasteiger partial charge in [0.1, 0.15) is 17.3 Å². The molecule has 0 bridgehead atoms. The van der Waals surface area contributed by atoms with Gasteiger partial charge in [-0.2, -0.15) is 0 Å². The Morgan fingerprint density at radius 3 is 2.76 bits per heavy atom. The van der Waals surface area contributed by atoms with Crippen molar-refractivity contribution in [2.24, 2.45) is 0 Å². The third-order valence-corrected chi connectivity index (χ3v) is 3.47. The second-order valence-electron chi connectivity index (χ2n) is 4.82. The van der Waals surface area contributed by atoms with Gasteiger partial charge in [0.2, 0.25) is 5.89 Å². The Morgan fingerprint density at radius 2 is 2.05 bits per heavy atom. The van der Waals surface area contributed by atoms with Crippen LogP contribution in [0.15, 0.2) is 34.9 Å². The van der Waals surface area contributed by atoms with Crippen LogP contribution in [-0.4, -0.2) is 17.1 Å². The van der Waals surface area contributed by atoms with Crippen LogP contribution in [0.3, 0.4) is 0 Å². The number of methoxy groups -OCH3 is 1. The van der Waals surface area contributed by atoms with Crippen molar-refractivity contribution in [3.05, 3.63) is 47.8 Å². The number of nitrogens with zero attached hydrogens (tertiary/aromatic N) is 2. The van der Waals surface area contributed by atoms with Gasteiger partial charge in [-0.15, -0.1) is 0 Å². The second-order valence-corrected chi connectivity index (χ2v) is 4.82. The zero-order chi connectivity index (χ0) is 14.8. The van der Waals surface area contributed by atoms with Gasteiger partial charge in [0.25, 0.3) is 0 Å². The van der Waals surface area contributed by atoms with E-state index in [2.05, 4.69) is 15.3 Å². The summed E-state index contributed by atoms with van der Waals surface area (Å²) in [5, 5.41) is 5.31. The largest absolute Gasteiger partial charge is 0.496 e. The summed E-state index contributed by atoms with van der Waals surface area (Å²) in [5.74, 6) is 3.13. The minimum atomic E-state index is 0.498. The van der Waals surface area contributed by atoms with E-state index >= 15 is 0 Å². The topological polar surface area (TPSA) is 60.2 Å². The zero-order valence-electron chi connectivity index (χ0n) is 12.3. The number of oxazole rings is 1. The van der Waals surface area contributed by atoms with Crippen LogP contribution < -0.4 is 10.1 Å². The first-order valence-electron chi connectivity index (χ1n) is 6.77. The number of hydrogen-bond acceptors (Lipinski definition) is 5. The average molecular weight is 283 g/mol. The lowest BCUT2D eigenvalue weighted by atomic mass is 10.1. The SMILES string of the molecule is COc1cccc2c(NCc3nc(C)c(C)o3)nccc12. The molecule has 0 aliphatic rings. The van der Waals surface area contributed by atoms with Crippen molar-refractivity contribution in [1.29, 1.82) is 0 Å². The maximum atomic E-state index is 5.57. The maximum absolute atomic E-state index is 5.57. The highest BCUT2D eigenvalue weighted by Gasteiger charge is 2.09. The number of rotatable bonds is 4. The second kappa shape index (κ2) is 5.44. The number of anilines is 1. The molecule has 3 rings (SSSR count). The summed E-state index contributed by atoms with van der Waals surface area (Å²) in [5.41, 5.74) is 0.916. The Hall–Kier alpha value is -2.56. The summed E-state index contributed by atoms with van der Waals surface area (Å²) in [6, 6.07) is 7.85. The van der Waals surface area contributed by atoms with Crippen LogP contribution in [0.2, 0.25) is 0 Å². The molecule has 2 heterocycles. The number of fused-ring (bicyclic) bond motifs is 1. The lowest BCUT2D eigenvalue weighted by molar-refractivity contribution is 0.420. The van der Waals surface area contributed by atoms with Crippen molar-refractivity contribution in [3.63, 3.8) is 0 Å². The Bertz CT molecular complexity index is 761. The van der Waals surface area contributed by atoms with Gasteiger partial charge < -0.3 is 14.5 Å². The predicted molar refractivity (Wildman–Crippen MR) is 81.6 cm³/mol. The maximum Gasteiger partial charge on any atom is 0.213 e. The van der Waals surface area contributed by atoms with Crippen molar-refractivity contribution in [1.82, 2.24) is 9.97 Å². The molecular formula is C16H17N3O2. The molecule has 2 aromatic heterocycles. The Balaban J connectivity index is 1.90. The average Bonchev–Trinajstić information content (AvgIpc) is 2.83. The molecule has 0 aliphatic carbocycles. The van der Waals surface area contributed by atoms with Crippen molar-refractivity contribution < 1.29 is 9.15 Å². The molecule has 21 heavy (non-hydrogen) atoms. The van der Waals surface area contributed by atoms with Gasteiger partial charge in [-0.05, 0) is 26.0 Å². The van der Waals surface area contributed by atoms with Gasteiger partial charge in [0, 0.05) is 17.0 Å². The predicted octanol–water partition coefficient (Wildman–Crippen LogP) is 3.46. The highest BCUT2D eigenvalue weighted by atomic mass is 16.5. The van der Waals surface area contributed by atoms with E-state index < -0.39 is 0 Å². The molecule has 0 amide bonds. The van der Waals surface area contributed by atoms with Gasteiger partial charge >= 0.3 is 0 Å². The Kier molecular flexibility index (Phi) is 3.48. The van der Waals surface area contributed by atoms with Crippen molar-refractivity contribution >= 4 is 16.6 Å². The van der Waals surface area contributed by atoms with E-state index in [1.165, 1.54) is 0 Å². The van der Waals surface area contributed by atoms with E-state index in [0.717, 1.165) is 33.8 Å². The van der Waals surface area contributed by atoms with Gasteiger partial charge in [-0.25, -0.2) is 9.97 Å². The third-order valence-electron chi connectivity index (χ3n) is 3.47. The molecule has 3 aromatic rings. The van der Waals surface area contributed by atoms with Crippen LogP contribution in [-0.2, 0) is 6.54 Å². The van der Waals surface area contributed by atoms with Gasteiger partial charge in [0.05, 0.1) is 19.3 Å². The van der Waals surface area contributed by atoms with E-state index in [-0.39, 0.29) is 0 Å². The highest BCUT2D eigenvalue weighted by Crippen LogP contribution is 2.29. The fourth-order valence-corrected chi connectivity index (χ4v) is 2.27. The molecule has 0 fully saturated rings. The van der Waals surface area contributed by atoms with Crippen molar-refractivity contribution in [3.8, 4) is 5.75 Å². The smallest absolute Gasteiger partial charge is 0.213 e. The van der Waals surface area contributed by atoms with E-state index in [4.69, 9.17) is 9.15 Å². The number of ether oxygens (including phenoxy) is 1. The molecule has 5 nitrogen and oxygen atoms in total. The summed E-state index contributed by atoms with van der Waals surface area (Å²) in [6.45, 7) is 4.34. The van der Waals surface area contributed by atoms with Gasteiger partial charge in [-0.1, -0.05) is 12.1 Å². The van der Waals surface area contributed by atoms with E-state index in [0.29, 0.717) is 12.4 Å². The molecule has 0 spiro atoms. The van der Waals surface area contributed by atoms with Gasteiger partial charge in [-0.3, -0.25) is 0 Å². The monoisotopic (exact) mass is 283 g/mol. The number of aryl methyl sites for hydroxylation is 2. The van der Waals surface area contributed by atoms with Crippen LogP contribution in [0.4, 0.5) is 5.82 Å². The van der Waals surface area contributed by atoms with E-state index in [1.807, 2.05) is 38.1 Å². The lowest BCUT2D eigenvalue weighted by Crippen LogP contribution is -2.02. The lowest BCUT2D eigenvalue weighted by Gasteiger charge is -2.09. The molecule has 5 heteroatoms. The summed E-state index contributed by atoms with van der Waals surface area (Å²) in [4.78, 5) is 8.75. The number of aromatic nitrogens is 2. The first-order valence-corrected chi connectivity index (χ1v) is 6.77. The van der Waals surface area contributed by atoms with Crippen molar-refractivity contribution in [2.75, 3.05) is 12.4 Å². The Labute approximate surface area is 123 Å². The summed E-state index contributed by atoms with van der Waals surface area (Å²) < 4.78 is 10.9. The number of pyridine rings is 1. The fraction of sp³-hybridized carbons (Fsp3) is 0.250. The van der Waals surface area contributed by atoms with Crippen molar-refractivity contribution in [2.45, 2.75) is 20.4 Å². The summed E-state index contributed by atoms with van der Waals surface area (Å²) >= 11 is 0. The number of hydrogen-bond donors (Lipinski definition) is 1. The summed E-state index contributed by atoms with van der Waals surface area (Å²) in [7, 11) is 1.67. The highest BCUT2D eigenvalue weighted by molar-refractivity contribution is 5.95. The molecule has 0 atom stereocenters. The molecule has 0 saturated heterocycles. The molecule has 0 saturated carbocycles. The normalized spacial score (nSPS) is 10.8. The van der Waals surface area contributed by atoms with Crippen LogP contribution in [0.5, 0.6) is 5.75 Å². The molecular weight excluding hydrogens is 266 g/mol. The molecule has 0 radical (unpaired) electrons. The number of benzene rings is 1. The Morgan fingerprint density at radius 1 is 1.19 bits per heavy atom. The quantitative estimate of drug-likeness (QED) is 0.794. The van der Waals surface area contributed by atoms with E-state index in [9.17, 15) is 0 Å². The molecule has 1 N–H and O–H groups in total. The molecule has 1 aromatic carbocycles. The third kappa shape index (κ3) is 2.54. The van der Waals surface area contributed by atoms with Crippen LogP contribution >= 0.6 is 0 Å². The van der Waals surface area contributed by atoms with E-state index in [1.54, 1.807) is 13.3 Å². The fourth-order valence-electron chi connectivity index (χ4n) is 2.27. The van der Waals surface area contributed by atoms with Crippen LogP contribution in [0, 0.1) is 13.8 Å². The van der Waals surface area contributed by atoms with Crippen LogP contribution in [0.1, 0.15) is 17.3 Å². The zero-order valence-corrected chi connectivity index (χ0v) is 12.3. The summed E-state index contributed by atoms with van der Waals surface area (Å²) in [6.07, 6.45) is 1.76. The molecule has 0 aliphatic heterocycles. The van der Waals surface area contributed by atoms with Crippen LogP contribution in [0.25, 0.3) is 10.8 Å². The first kappa shape index (κ1) is 13.4. The first-order chi connectivity index (χ1) is 10.2. The minimum absolute atomic E-state index is 0.498.